The van der Waals surface area contributed by atoms with Crippen LogP contribution in [0.5, 0.6) is 0 Å². The maximum Gasteiger partial charge on any atom is 0.117 e. The molecule has 2 fully saturated rings. The molecule has 4 heteroatoms. The number of rotatable bonds is 9. The molecule has 0 N–H and O–H groups in total. The Kier molecular flexibility index (Phi) is 8.57. The molecule has 2 aliphatic rings. The van der Waals surface area contributed by atoms with Crippen LogP contribution in [0.3, 0.4) is 0 Å². The van der Waals surface area contributed by atoms with Gasteiger partial charge >= 0.3 is 0 Å². The van der Waals surface area contributed by atoms with E-state index in [1.165, 1.54) is 0 Å². The van der Waals surface area contributed by atoms with Crippen LogP contribution in [-0.2, 0) is 4.74 Å². The molecule has 0 radical (unpaired) electrons. The lowest BCUT2D eigenvalue weighted by Gasteiger charge is -2.37. The first kappa shape index (κ1) is 23.1. The van der Waals surface area contributed by atoms with Crippen LogP contribution >= 0.6 is 0 Å². The molecule has 0 aliphatic carbocycles. The van der Waals surface area contributed by atoms with Crippen LogP contribution in [0.25, 0.3) is 0 Å². The van der Waals surface area contributed by atoms with Gasteiger partial charge in [0.25, 0.3) is 0 Å². The van der Waals surface area contributed by atoms with E-state index in [0.29, 0.717) is 48.5 Å². The third kappa shape index (κ3) is 5.45. The minimum Gasteiger partial charge on any atom is -0.377 e. The van der Waals surface area contributed by atoms with E-state index in [2.05, 4.69) is 65.2 Å². The maximum absolute atomic E-state index is 14.9. The lowest BCUT2D eigenvalue weighted by atomic mass is 9.91. The van der Waals surface area contributed by atoms with Gasteiger partial charge in [-0.1, -0.05) is 20.8 Å². The van der Waals surface area contributed by atoms with E-state index in [0.717, 1.165) is 32.4 Å². The lowest BCUT2D eigenvalue weighted by Crippen LogP contribution is -2.45. The second kappa shape index (κ2) is 10.0. The van der Waals surface area contributed by atoms with E-state index in [-0.39, 0.29) is 6.04 Å². The van der Waals surface area contributed by atoms with Crippen molar-refractivity contribution in [1.82, 2.24) is 9.80 Å². The summed E-state index contributed by atoms with van der Waals surface area (Å²) in [5, 5.41) is 0. The lowest BCUT2D eigenvalue weighted by molar-refractivity contribution is 0.0659. The van der Waals surface area contributed by atoms with Crippen LogP contribution in [0.2, 0.25) is 0 Å². The Balaban J connectivity index is 1.99. The fraction of sp³-hybridized carbons (Fsp3) is 1.00. The zero-order valence-corrected chi connectivity index (χ0v) is 19.1. The number of nitrogens with zero attached hydrogens (tertiary/aromatic N) is 2. The molecule has 6 atom stereocenters. The fourth-order valence-corrected chi connectivity index (χ4v) is 5.64. The van der Waals surface area contributed by atoms with E-state index < -0.39 is 6.17 Å². The summed E-state index contributed by atoms with van der Waals surface area (Å²) in [6, 6.07) is 2.01. The van der Waals surface area contributed by atoms with Crippen molar-refractivity contribution < 1.29 is 9.13 Å². The molecule has 0 amide bonds. The van der Waals surface area contributed by atoms with E-state index in [9.17, 15) is 4.39 Å². The Bertz CT molecular complexity index is 442. The van der Waals surface area contributed by atoms with E-state index in [1.807, 2.05) is 0 Å². The van der Waals surface area contributed by atoms with E-state index in [4.69, 9.17) is 4.74 Å². The molecule has 3 nitrogen and oxygen atoms in total. The van der Waals surface area contributed by atoms with Gasteiger partial charge < -0.3 is 4.74 Å². The quantitative estimate of drug-likeness (QED) is 0.548. The largest absolute Gasteiger partial charge is 0.377 e. The van der Waals surface area contributed by atoms with Crippen LogP contribution in [0, 0.1) is 11.8 Å². The van der Waals surface area contributed by atoms with Crippen molar-refractivity contribution in [2.45, 2.75) is 124 Å². The highest BCUT2D eigenvalue weighted by atomic mass is 19.1. The first-order valence-electron chi connectivity index (χ1n) is 11.5. The third-order valence-corrected chi connectivity index (χ3v) is 7.00. The Labute approximate surface area is 168 Å². The van der Waals surface area contributed by atoms with Crippen molar-refractivity contribution in [3.63, 3.8) is 0 Å². The molecule has 0 spiro atoms. The molecule has 0 saturated carbocycles. The summed E-state index contributed by atoms with van der Waals surface area (Å²) >= 11 is 0. The van der Waals surface area contributed by atoms with E-state index in [1.54, 1.807) is 0 Å². The average Bonchev–Trinajstić information content (AvgIpc) is 3.14. The summed E-state index contributed by atoms with van der Waals surface area (Å²) in [6.07, 6.45) is 3.61. The van der Waals surface area contributed by atoms with E-state index >= 15 is 0 Å². The van der Waals surface area contributed by atoms with Gasteiger partial charge in [0.1, 0.15) is 6.17 Å². The van der Waals surface area contributed by atoms with Crippen LogP contribution in [0.1, 0.15) is 81.1 Å². The van der Waals surface area contributed by atoms with Crippen molar-refractivity contribution >= 4 is 0 Å². The maximum atomic E-state index is 14.9. The van der Waals surface area contributed by atoms with Crippen molar-refractivity contribution in [1.29, 1.82) is 0 Å². The Morgan fingerprint density at radius 3 is 2.15 bits per heavy atom. The zero-order valence-electron chi connectivity index (χ0n) is 19.1. The predicted octanol–water partition coefficient (Wildman–Crippen LogP) is 5.14. The highest BCUT2D eigenvalue weighted by Gasteiger charge is 2.44. The SMILES string of the molecule is CCO[C@H]1C[C@@H](C(C)CCC2C(F)C[C@@H](C(C)C)N2C(C)C)N(C(C)C)C1. The Hall–Kier alpha value is -0.190. The van der Waals surface area contributed by atoms with Crippen molar-refractivity contribution in [3.8, 4) is 0 Å². The minimum atomic E-state index is -0.673. The van der Waals surface area contributed by atoms with Crippen LogP contribution in [-0.4, -0.2) is 65.4 Å². The summed E-state index contributed by atoms with van der Waals surface area (Å²) in [6.45, 7) is 19.8. The molecule has 0 bridgehead atoms. The highest BCUT2D eigenvalue weighted by molar-refractivity contribution is 4.98. The molecule has 2 aliphatic heterocycles. The molecule has 0 aromatic heterocycles. The van der Waals surface area contributed by atoms with Gasteiger partial charge in [-0.25, -0.2) is 4.39 Å². The zero-order chi connectivity index (χ0) is 20.3. The van der Waals surface area contributed by atoms with Gasteiger partial charge in [-0.2, -0.15) is 0 Å². The molecule has 2 rings (SSSR count). The summed E-state index contributed by atoms with van der Waals surface area (Å²) < 4.78 is 20.9. The Morgan fingerprint density at radius 1 is 0.963 bits per heavy atom. The van der Waals surface area contributed by atoms with Crippen LogP contribution < -0.4 is 0 Å². The molecule has 2 heterocycles. The molecule has 2 saturated heterocycles. The van der Waals surface area contributed by atoms with Gasteiger partial charge in [-0.3, -0.25) is 9.80 Å². The molecular formula is C23H45FN2O. The van der Waals surface area contributed by atoms with Crippen molar-refractivity contribution in [3.05, 3.63) is 0 Å². The predicted molar refractivity (Wildman–Crippen MR) is 113 cm³/mol. The minimum absolute atomic E-state index is 0.0939. The fourth-order valence-electron chi connectivity index (χ4n) is 5.64. The van der Waals surface area contributed by atoms with Gasteiger partial charge in [-0.15, -0.1) is 0 Å². The molecule has 160 valence electrons. The van der Waals surface area contributed by atoms with Gasteiger partial charge in [-0.05, 0) is 72.1 Å². The summed E-state index contributed by atoms with van der Waals surface area (Å²) in [5.74, 6) is 1.10. The second-order valence-corrected chi connectivity index (χ2v) is 9.90. The smallest absolute Gasteiger partial charge is 0.117 e. The number of halogens is 1. The summed E-state index contributed by atoms with van der Waals surface area (Å²) in [7, 11) is 0. The van der Waals surface area contributed by atoms with Crippen molar-refractivity contribution in [2.75, 3.05) is 13.2 Å². The van der Waals surface area contributed by atoms with Gasteiger partial charge in [0.15, 0.2) is 0 Å². The Morgan fingerprint density at radius 2 is 1.63 bits per heavy atom. The number of likely N-dealkylation sites (tertiary alicyclic amines) is 2. The summed E-state index contributed by atoms with van der Waals surface area (Å²) in [5.41, 5.74) is 0. The van der Waals surface area contributed by atoms with Gasteiger partial charge in [0, 0.05) is 43.4 Å². The topological polar surface area (TPSA) is 15.7 Å². The number of alkyl halides is 1. The van der Waals surface area contributed by atoms with Crippen LogP contribution in [0.4, 0.5) is 4.39 Å². The number of hydrogen-bond acceptors (Lipinski definition) is 3. The monoisotopic (exact) mass is 384 g/mol. The summed E-state index contributed by atoms with van der Waals surface area (Å²) in [4.78, 5) is 5.10. The second-order valence-electron chi connectivity index (χ2n) is 9.90. The normalized spacial score (nSPS) is 34.4. The molecule has 27 heavy (non-hydrogen) atoms. The highest BCUT2D eigenvalue weighted by Crippen LogP contribution is 2.37. The van der Waals surface area contributed by atoms with Crippen molar-refractivity contribution in [2.24, 2.45) is 11.8 Å². The molecular weight excluding hydrogens is 339 g/mol. The number of hydrogen-bond donors (Lipinski definition) is 0. The van der Waals surface area contributed by atoms with Gasteiger partial charge in [0.05, 0.1) is 6.10 Å². The first-order valence-corrected chi connectivity index (χ1v) is 11.5. The third-order valence-electron chi connectivity index (χ3n) is 7.00. The van der Waals surface area contributed by atoms with Crippen LogP contribution in [0.15, 0.2) is 0 Å². The number of ether oxygens (including phenoxy) is 1. The molecule has 0 aromatic rings. The standard InChI is InChI=1S/C23H45FN2O/c1-9-27-19-12-23(25(14-19)16(4)5)18(8)10-11-21-20(24)13-22(15(2)3)26(21)17(6)7/h15-23H,9-14H2,1-8H3/t18?,19-,20?,21?,22-,23-/m0/s1. The molecule has 0 aromatic carbocycles. The average molecular weight is 385 g/mol. The first-order chi connectivity index (χ1) is 12.7. The molecule has 3 unspecified atom stereocenters. The van der Waals surface area contributed by atoms with Gasteiger partial charge in [0.2, 0.25) is 0 Å².